The van der Waals surface area contributed by atoms with E-state index in [1.165, 1.54) is 37.1 Å². The Morgan fingerprint density at radius 3 is 2.56 bits per heavy atom. The molecule has 0 saturated carbocycles. The number of fused-ring (bicyclic) bond motifs is 4. The number of anilines is 3. The number of aromatic nitrogens is 1. The third-order valence-electron chi connectivity index (χ3n) is 7.39. The monoisotopic (exact) mass is 547 g/mol. The molecule has 0 atom stereocenters. The number of thiophene rings is 2. The predicted molar refractivity (Wildman–Crippen MR) is 168 cm³/mol. The second kappa shape index (κ2) is 9.11. The highest BCUT2D eigenvalue weighted by molar-refractivity contribution is 7.27. The SMILES string of the molecule is CN1CN(c2cccc(Oc3cc4c(-c5cc(C(C)(C)C)ccn5)cc5ccsc5c4s3)c2)c2ccccc21. The molecular formula is C33H29N3OS2. The number of rotatable bonds is 4. The summed E-state index contributed by atoms with van der Waals surface area (Å²) in [5, 5.41) is 5.49. The highest BCUT2D eigenvalue weighted by atomic mass is 32.1. The average Bonchev–Trinajstić information content (AvgIpc) is 3.65. The lowest BCUT2D eigenvalue weighted by atomic mass is 9.86. The Morgan fingerprint density at radius 1 is 0.872 bits per heavy atom. The Hall–Kier alpha value is -3.87. The molecule has 4 nitrogen and oxygen atoms in total. The molecule has 6 aromatic rings. The third-order valence-corrected chi connectivity index (χ3v) is 9.50. The predicted octanol–water partition coefficient (Wildman–Crippen LogP) is 9.81. The van der Waals surface area contributed by atoms with E-state index < -0.39 is 0 Å². The Morgan fingerprint density at radius 2 is 1.72 bits per heavy atom. The first kappa shape index (κ1) is 24.2. The van der Waals surface area contributed by atoms with Crippen LogP contribution >= 0.6 is 22.7 Å². The van der Waals surface area contributed by atoms with Crippen molar-refractivity contribution in [2.45, 2.75) is 26.2 Å². The normalized spacial score (nSPS) is 13.4. The molecule has 0 N–H and O–H groups in total. The fraction of sp³-hybridized carbons (Fsp3) is 0.182. The topological polar surface area (TPSA) is 28.6 Å². The van der Waals surface area contributed by atoms with E-state index in [4.69, 9.17) is 9.72 Å². The van der Waals surface area contributed by atoms with Crippen LogP contribution in [0.15, 0.2) is 90.4 Å². The standard InChI is InChI=1S/C33H29N3OS2/c1-33(2,3)22-12-14-34-27(17-22)25-16-21-13-15-38-31(21)32-26(25)19-30(39-32)37-24-9-7-8-23(18-24)36-20-35(4)28-10-5-6-11-29(28)36/h5-19H,20H2,1-4H3. The molecule has 4 heterocycles. The van der Waals surface area contributed by atoms with Gasteiger partial charge in [0.05, 0.1) is 33.1 Å². The first-order valence-corrected chi connectivity index (χ1v) is 14.8. The molecule has 0 amide bonds. The molecule has 0 aliphatic carbocycles. The van der Waals surface area contributed by atoms with Gasteiger partial charge >= 0.3 is 0 Å². The lowest BCUT2D eigenvalue weighted by molar-refractivity contribution is 0.497. The highest BCUT2D eigenvalue weighted by Gasteiger charge is 2.24. The molecule has 0 saturated heterocycles. The maximum absolute atomic E-state index is 6.54. The zero-order valence-electron chi connectivity index (χ0n) is 22.4. The summed E-state index contributed by atoms with van der Waals surface area (Å²) in [4.78, 5) is 9.39. The first-order valence-electron chi connectivity index (χ1n) is 13.1. The van der Waals surface area contributed by atoms with Crippen LogP contribution < -0.4 is 14.5 Å². The number of pyridine rings is 1. The van der Waals surface area contributed by atoms with Crippen molar-refractivity contribution >= 4 is 59.9 Å². The Labute approximate surface area is 236 Å². The van der Waals surface area contributed by atoms with Gasteiger partial charge in [0.2, 0.25) is 0 Å². The number of benzene rings is 3. The Bertz CT molecular complexity index is 1850. The summed E-state index contributed by atoms with van der Waals surface area (Å²) in [6.45, 7) is 7.54. The number of nitrogens with zero attached hydrogens (tertiary/aromatic N) is 3. The average molecular weight is 548 g/mol. The quantitative estimate of drug-likeness (QED) is 0.220. The summed E-state index contributed by atoms with van der Waals surface area (Å²) in [5.41, 5.74) is 7.07. The van der Waals surface area contributed by atoms with E-state index in [0.717, 1.165) is 34.4 Å². The van der Waals surface area contributed by atoms with Crippen molar-refractivity contribution in [3.05, 3.63) is 96.0 Å². The fourth-order valence-electron chi connectivity index (χ4n) is 5.33. The third kappa shape index (κ3) is 4.24. The van der Waals surface area contributed by atoms with Gasteiger partial charge in [0.15, 0.2) is 5.06 Å². The van der Waals surface area contributed by atoms with Gasteiger partial charge in [0.1, 0.15) is 5.75 Å². The Kier molecular flexibility index (Phi) is 5.65. The summed E-state index contributed by atoms with van der Waals surface area (Å²) in [6.07, 6.45) is 1.93. The van der Waals surface area contributed by atoms with Crippen molar-refractivity contribution in [1.29, 1.82) is 0 Å². The molecule has 39 heavy (non-hydrogen) atoms. The van der Waals surface area contributed by atoms with E-state index >= 15 is 0 Å². The van der Waals surface area contributed by atoms with Crippen LogP contribution in [0.25, 0.3) is 31.4 Å². The molecule has 0 radical (unpaired) electrons. The lowest BCUT2D eigenvalue weighted by Gasteiger charge is -2.20. The minimum atomic E-state index is 0.0574. The molecule has 0 fully saturated rings. The largest absolute Gasteiger partial charge is 0.447 e. The molecular weight excluding hydrogens is 519 g/mol. The van der Waals surface area contributed by atoms with Gasteiger partial charge in [-0.05, 0) is 70.3 Å². The summed E-state index contributed by atoms with van der Waals surface area (Å²) in [5.74, 6) is 0.836. The molecule has 194 valence electrons. The molecule has 7 rings (SSSR count). The van der Waals surface area contributed by atoms with Crippen molar-refractivity contribution in [3.63, 3.8) is 0 Å². The van der Waals surface area contributed by atoms with Gasteiger partial charge < -0.3 is 14.5 Å². The molecule has 0 unspecified atom stereocenters. The van der Waals surface area contributed by atoms with Crippen LogP contribution in [-0.2, 0) is 5.41 Å². The molecule has 1 aliphatic rings. The molecule has 6 heteroatoms. The van der Waals surface area contributed by atoms with E-state index in [0.29, 0.717) is 0 Å². The minimum Gasteiger partial charge on any atom is -0.447 e. The number of ether oxygens (including phenoxy) is 1. The summed E-state index contributed by atoms with van der Waals surface area (Å²) in [7, 11) is 2.13. The van der Waals surface area contributed by atoms with Crippen LogP contribution in [0.5, 0.6) is 10.8 Å². The first-order chi connectivity index (χ1) is 18.8. The van der Waals surface area contributed by atoms with Crippen LogP contribution in [0.2, 0.25) is 0 Å². The van der Waals surface area contributed by atoms with Crippen molar-refractivity contribution in [2.24, 2.45) is 0 Å². The molecule has 3 aromatic heterocycles. The summed E-state index contributed by atoms with van der Waals surface area (Å²) < 4.78 is 9.08. The minimum absolute atomic E-state index is 0.0574. The van der Waals surface area contributed by atoms with Crippen LogP contribution in [0.3, 0.4) is 0 Å². The van der Waals surface area contributed by atoms with E-state index in [1.807, 2.05) is 12.3 Å². The van der Waals surface area contributed by atoms with Crippen molar-refractivity contribution in [3.8, 4) is 22.1 Å². The van der Waals surface area contributed by atoms with Gasteiger partial charge in [-0.3, -0.25) is 4.98 Å². The summed E-state index contributed by atoms with van der Waals surface area (Å²) >= 11 is 3.49. The van der Waals surface area contributed by atoms with Crippen molar-refractivity contribution < 1.29 is 4.74 Å². The van der Waals surface area contributed by atoms with E-state index in [-0.39, 0.29) is 5.41 Å². The zero-order valence-corrected chi connectivity index (χ0v) is 24.1. The maximum atomic E-state index is 6.54. The Balaban J connectivity index is 1.28. The van der Waals surface area contributed by atoms with Gasteiger partial charge in [-0.2, -0.15) is 0 Å². The molecule has 0 bridgehead atoms. The van der Waals surface area contributed by atoms with Crippen LogP contribution in [0.4, 0.5) is 17.1 Å². The van der Waals surface area contributed by atoms with Gasteiger partial charge in [0.25, 0.3) is 0 Å². The van der Waals surface area contributed by atoms with Gasteiger partial charge in [-0.1, -0.05) is 50.3 Å². The number of hydrogen-bond donors (Lipinski definition) is 0. The van der Waals surface area contributed by atoms with Crippen molar-refractivity contribution in [1.82, 2.24) is 4.98 Å². The summed E-state index contributed by atoms with van der Waals surface area (Å²) in [6, 6.07) is 27.9. The van der Waals surface area contributed by atoms with Crippen molar-refractivity contribution in [2.75, 3.05) is 23.5 Å². The van der Waals surface area contributed by atoms with E-state index in [1.54, 1.807) is 22.7 Å². The van der Waals surface area contributed by atoms with E-state index in [9.17, 15) is 0 Å². The van der Waals surface area contributed by atoms with E-state index in [2.05, 4.69) is 116 Å². The lowest BCUT2D eigenvalue weighted by Crippen LogP contribution is -2.23. The van der Waals surface area contributed by atoms with Gasteiger partial charge in [-0.15, -0.1) is 11.3 Å². The molecule has 0 spiro atoms. The smallest absolute Gasteiger partial charge is 0.182 e. The fourth-order valence-corrected chi connectivity index (χ4v) is 7.43. The van der Waals surface area contributed by atoms with Gasteiger partial charge in [0, 0.05) is 42.0 Å². The maximum Gasteiger partial charge on any atom is 0.182 e. The van der Waals surface area contributed by atoms with Crippen LogP contribution in [0, 0.1) is 0 Å². The number of hydrogen-bond acceptors (Lipinski definition) is 6. The highest BCUT2D eigenvalue weighted by Crippen LogP contribution is 2.46. The second-order valence-corrected chi connectivity index (χ2v) is 13.0. The van der Waals surface area contributed by atoms with Crippen LogP contribution in [-0.4, -0.2) is 18.7 Å². The molecule has 3 aromatic carbocycles. The van der Waals surface area contributed by atoms with Crippen LogP contribution in [0.1, 0.15) is 26.3 Å². The number of para-hydroxylation sites is 2. The van der Waals surface area contributed by atoms with Gasteiger partial charge in [-0.25, -0.2) is 0 Å². The molecule has 1 aliphatic heterocycles. The zero-order chi connectivity index (χ0) is 26.7. The second-order valence-electron chi connectivity index (χ2n) is 11.1.